The van der Waals surface area contributed by atoms with Crippen molar-refractivity contribution in [2.24, 2.45) is 5.92 Å². The molecule has 0 fully saturated rings. The van der Waals surface area contributed by atoms with E-state index in [1.807, 2.05) is 6.20 Å². The summed E-state index contributed by atoms with van der Waals surface area (Å²) in [6.07, 6.45) is 3.94. The standard InChI is InChI=1S/C67H72N4O/c1-45(2)36-49-38-52(67(9,10)11)39-56(48-28-30-50(31-29-48)65(3,4)5)54(49)33-35-69-44-70(61-27-18-17-26-60(61)69)53-23-19-20-46(37-53)43-72-63-42-62-58(41-57(63)47-21-13-12-14-22-47)55-24-15-16-25-59(55)71(62)64-40-51(32-34-68-64)66(6,7)8/h12-32,34,37-42,45H,33,35-36,43-44H2,1-11H3. The summed E-state index contributed by atoms with van der Waals surface area (Å²) in [6.45, 7) is 27.5. The van der Waals surface area contributed by atoms with E-state index in [2.05, 4.69) is 254 Å². The topological polar surface area (TPSA) is 33.5 Å². The van der Waals surface area contributed by atoms with Crippen LogP contribution >= 0.6 is 0 Å². The summed E-state index contributed by atoms with van der Waals surface area (Å²) in [6, 6.07) is 60.5. The van der Waals surface area contributed by atoms with Gasteiger partial charge >= 0.3 is 0 Å². The Hall–Kier alpha value is -7.11. The fraction of sp³-hybridized carbons (Fsp3) is 0.299. The van der Waals surface area contributed by atoms with Crippen LogP contribution in [0.1, 0.15) is 110 Å². The van der Waals surface area contributed by atoms with Crippen molar-refractivity contribution in [2.45, 2.75) is 112 Å². The van der Waals surface area contributed by atoms with Gasteiger partial charge in [-0.05, 0) is 134 Å². The Morgan fingerprint density at radius 3 is 1.96 bits per heavy atom. The normalized spacial score (nSPS) is 13.2. The van der Waals surface area contributed by atoms with Crippen molar-refractivity contribution in [1.82, 2.24) is 9.55 Å². The van der Waals surface area contributed by atoms with Crippen LogP contribution < -0.4 is 14.5 Å². The van der Waals surface area contributed by atoms with Gasteiger partial charge in [0.2, 0.25) is 0 Å². The van der Waals surface area contributed by atoms with Crippen LogP contribution in [0.4, 0.5) is 17.1 Å². The van der Waals surface area contributed by atoms with E-state index < -0.39 is 0 Å². The Bertz CT molecular complexity index is 3400. The van der Waals surface area contributed by atoms with Gasteiger partial charge in [0.15, 0.2) is 0 Å². The number of benzene rings is 7. The summed E-state index contributed by atoms with van der Waals surface area (Å²) in [4.78, 5) is 10.0. The van der Waals surface area contributed by atoms with Crippen molar-refractivity contribution < 1.29 is 4.74 Å². The molecule has 1 aliphatic heterocycles. The van der Waals surface area contributed by atoms with Crippen LogP contribution in [0.3, 0.4) is 0 Å². The quantitative estimate of drug-likeness (QED) is 0.122. The van der Waals surface area contributed by atoms with Crippen LogP contribution in [0, 0.1) is 5.92 Å². The van der Waals surface area contributed by atoms with Crippen molar-refractivity contribution >= 4 is 38.9 Å². The first-order chi connectivity index (χ1) is 34.4. The van der Waals surface area contributed by atoms with Crippen molar-refractivity contribution in [2.75, 3.05) is 23.0 Å². The van der Waals surface area contributed by atoms with Gasteiger partial charge in [-0.15, -0.1) is 0 Å². The van der Waals surface area contributed by atoms with Crippen LogP contribution in [0.5, 0.6) is 5.75 Å². The van der Waals surface area contributed by atoms with Crippen LogP contribution in [-0.4, -0.2) is 22.8 Å². The van der Waals surface area contributed by atoms with Crippen LogP contribution in [0.2, 0.25) is 0 Å². The third-order valence-corrected chi connectivity index (χ3v) is 14.7. The van der Waals surface area contributed by atoms with Gasteiger partial charge in [0.25, 0.3) is 0 Å². The molecule has 0 bridgehead atoms. The summed E-state index contributed by atoms with van der Waals surface area (Å²) < 4.78 is 9.32. The maximum Gasteiger partial charge on any atom is 0.137 e. The summed E-state index contributed by atoms with van der Waals surface area (Å²) >= 11 is 0. The summed E-state index contributed by atoms with van der Waals surface area (Å²) in [5, 5.41) is 2.36. The Morgan fingerprint density at radius 1 is 0.556 bits per heavy atom. The number of rotatable bonds is 12. The molecule has 10 rings (SSSR count). The van der Waals surface area contributed by atoms with E-state index in [4.69, 9.17) is 9.72 Å². The molecule has 0 radical (unpaired) electrons. The first-order valence-electron chi connectivity index (χ1n) is 26.1. The Kier molecular flexibility index (Phi) is 12.9. The van der Waals surface area contributed by atoms with Gasteiger partial charge in [0.05, 0.1) is 29.1 Å². The van der Waals surface area contributed by atoms with Gasteiger partial charge in [-0.25, -0.2) is 4.98 Å². The molecular formula is C67H72N4O. The molecule has 0 unspecified atom stereocenters. The van der Waals surface area contributed by atoms with Crippen molar-refractivity contribution in [3.8, 4) is 33.8 Å². The molecular weight excluding hydrogens is 877 g/mol. The largest absolute Gasteiger partial charge is 0.488 e. The molecule has 366 valence electrons. The van der Waals surface area contributed by atoms with E-state index >= 15 is 0 Å². The molecule has 0 atom stereocenters. The van der Waals surface area contributed by atoms with E-state index in [1.54, 1.807) is 0 Å². The molecule has 1 aliphatic rings. The molecule has 5 heteroatoms. The minimum atomic E-state index is -0.0187. The number of pyridine rings is 1. The number of para-hydroxylation sites is 3. The smallest absolute Gasteiger partial charge is 0.137 e. The number of nitrogens with zero attached hydrogens (tertiary/aromatic N) is 4. The highest BCUT2D eigenvalue weighted by molar-refractivity contribution is 6.11. The number of hydrogen-bond donors (Lipinski definition) is 0. The molecule has 7 aromatic carbocycles. The summed E-state index contributed by atoms with van der Waals surface area (Å²) in [5.74, 6) is 2.28. The number of hydrogen-bond acceptors (Lipinski definition) is 4. The number of anilines is 3. The number of aromatic nitrogens is 2. The van der Waals surface area contributed by atoms with E-state index in [0.717, 1.165) is 71.0 Å². The van der Waals surface area contributed by atoms with Crippen molar-refractivity contribution in [3.63, 3.8) is 0 Å². The molecule has 0 aliphatic carbocycles. The highest BCUT2D eigenvalue weighted by atomic mass is 16.5. The lowest BCUT2D eigenvalue weighted by Gasteiger charge is -2.27. The van der Waals surface area contributed by atoms with Gasteiger partial charge in [-0.1, -0.05) is 185 Å². The average Bonchev–Trinajstić information content (AvgIpc) is 3.89. The monoisotopic (exact) mass is 949 g/mol. The highest BCUT2D eigenvalue weighted by Crippen LogP contribution is 2.44. The van der Waals surface area contributed by atoms with Gasteiger partial charge < -0.3 is 14.5 Å². The molecule has 9 aromatic rings. The Morgan fingerprint density at radius 2 is 1.24 bits per heavy atom. The predicted octanol–water partition coefficient (Wildman–Crippen LogP) is 17.3. The molecule has 0 amide bonds. The maximum absolute atomic E-state index is 7.02. The predicted molar refractivity (Wildman–Crippen MR) is 306 cm³/mol. The molecule has 0 spiro atoms. The van der Waals surface area contributed by atoms with Gasteiger partial charge in [0.1, 0.15) is 18.2 Å². The molecule has 0 N–H and O–H groups in total. The summed E-state index contributed by atoms with van der Waals surface area (Å²) in [7, 11) is 0. The van der Waals surface area contributed by atoms with Gasteiger partial charge in [0, 0.05) is 40.8 Å². The molecule has 5 nitrogen and oxygen atoms in total. The van der Waals surface area contributed by atoms with E-state index in [1.165, 1.54) is 61.1 Å². The maximum atomic E-state index is 7.02. The SMILES string of the molecule is CC(C)Cc1cc(C(C)(C)C)cc(-c2ccc(C(C)(C)C)cc2)c1CCN1CN(c2cccc(COc3cc4c(cc3-c3ccccc3)c3ccccc3n4-c3cc(C(C)(C)C)ccn3)c2)c2ccccc21. The fourth-order valence-electron chi connectivity index (χ4n) is 10.6. The second kappa shape index (κ2) is 19.1. The first kappa shape index (κ1) is 48.5. The lowest BCUT2D eigenvalue weighted by atomic mass is 9.79. The lowest BCUT2D eigenvalue weighted by molar-refractivity contribution is 0.308. The lowest BCUT2D eigenvalue weighted by Crippen LogP contribution is -2.30. The van der Waals surface area contributed by atoms with Gasteiger partial charge in [-0.3, -0.25) is 4.57 Å². The number of fused-ring (bicyclic) bond motifs is 4. The fourth-order valence-corrected chi connectivity index (χ4v) is 10.6. The Labute approximate surface area is 429 Å². The minimum Gasteiger partial charge on any atom is -0.488 e. The molecule has 2 aromatic heterocycles. The number of ether oxygens (including phenoxy) is 1. The van der Waals surface area contributed by atoms with Crippen molar-refractivity contribution in [3.05, 3.63) is 203 Å². The third-order valence-electron chi connectivity index (χ3n) is 14.7. The van der Waals surface area contributed by atoms with E-state index in [9.17, 15) is 0 Å². The average molecular weight is 949 g/mol. The summed E-state index contributed by atoms with van der Waals surface area (Å²) in [5.41, 5.74) is 18.9. The van der Waals surface area contributed by atoms with E-state index in [-0.39, 0.29) is 16.2 Å². The zero-order valence-corrected chi connectivity index (χ0v) is 44.5. The second-order valence-electron chi connectivity index (χ2n) is 23.6. The molecule has 72 heavy (non-hydrogen) atoms. The first-order valence-corrected chi connectivity index (χ1v) is 26.1. The minimum absolute atomic E-state index is 0.0187. The molecule has 3 heterocycles. The van der Waals surface area contributed by atoms with Crippen LogP contribution in [0.15, 0.2) is 170 Å². The van der Waals surface area contributed by atoms with Crippen molar-refractivity contribution in [1.29, 1.82) is 0 Å². The zero-order chi connectivity index (χ0) is 50.5. The van der Waals surface area contributed by atoms with Crippen LogP contribution in [-0.2, 0) is 35.7 Å². The third kappa shape index (κ3) is 9.79. The Balaban J connectivity index is 0.966. The zero-order valence-electron chi connectivity index (χ0n) is 44.5. The van der Waals surface area contributed by atoms with Gasteiger partial charge in [-0.2, -0.15) is 0 Å². The second-order valence-corrected chi connectivity index (χ2v) is 23.6. The molecule has 0 saturated heterocycles. The molecule has 0 saturated carbocycles. The van der Waals surface area contributed by atoms with Crippen LogP contribution in [0.25, 0.3) is 49.9 Å². The highest BCUT2D eigenvalue weighted by Gasteiger charge is 2.29. The van der Waals surface area contributed by atoms with E-state index in [0.29, 0.717) is 12.5 Å².